The Kier molecular flexibility index (Phi) is 1.91. The average molecular weight is 185 g/mol. The third-order valence-electron chi connectivity index (χ3n) is 0.782. The van der Waals surface area contributed by atoms with Crippen molar-refractivity contribution in [1.82, 2.24) is 4.98 Å². The predicted octanol–water partition coefficient (Wildman–Crippen LogP) is 2.45. The number of thiol groups is 1. The highest BCUT2D eigenvalue weighted by molar-refractivity contribution is 7.82. The first-order valence-corrected chi connectivity index (χ1v) is 3.54. The van der Waals surface area contributed by atoms with Crippen LogP contribution in [0.5, 0.6) is 0 Å². The van der Waals surface area contributed by atoms with Gasteiger partial charge in [-0.25, -0.2) is 4.98 Å². The second kappa shape index (κ2) is 2.43. The minimum atomic E-state index is -4.34. The van der Waals surface area contributed by atoms with Crippen molar-refractivity contribution in [2.45, 2.75) is 10.5 Å². The quantitative estimate of drug-likeness (QED) is 0.612. The Balaban J connectivity index is 2.96. The fraction of sp³-hybridized carbons (Fsp3) is 0.250. The van der Waals surface area contributed by atoms with E-state index >= 15 is 0 Å². The van der Waals surface area contributed by atoms with Crippen LogP contribution in [0.2, 0.25) is 0 Å². The van der Waals surface area contributed by atoms with E-state index < -0.39 is 11.9 Å². The number of hydrogen-bond donors (Lipinski definition) is 1. The van der Waals surface area contributed by atoms with Gasteiger partial charge in [0, 0.05) is 5.38 Å². The summed E-state index contributed by atoms with van der Waals surface area (Å²) in [5, 5.41) is 0.933. The third kappa shape index (κ3) is 1.63. The molecule has 0 saturated carbocycles. The fourth-order valence-corrected chi connectivity index (χ4v) is 1.21. The summed E-state index contributed by atoms with van der Waals surface area (Å²) < 4.78 is 35.3. The highest BCUT2D eigenvalue weighted by Crippen LogP contribution is 2.30. The van der Waals surface area contributed by atoms with E-state index in [0.29, 0.717) is 0 Å². The van der Waals surface area contributed by atoms with E-state index in [1.54, 1.807) is 0 Å². The largest absolute Gasteiger partial charge is 0.434 e. The Morgan fingerprint density at radius 2 is 2.10 bits per heavy atom. The highest BCUT2D eigenvalue weighted by atomic mass is 32.2. The molecular formula is C4H2F3NS2. The summed E-state index contributed by atoms with van der Waals surface area (Å²) in [5.74, 6) is 0. The molecule has 0 bridgehead atoms. The Morgan fingerprint density at radius 3 is 2.30 bits per heavy atom. The highest BCUT2D eigenvalue weighted by Gasteiger charge is 2.33. The number of nitrogens with zero attached hydrogens (tertiary/aromatic N) is 1. The minimum absolute atomic E-state index is 0.132. The molecule has 0 aliphatic carbocycles. The van der Waals surface area contributed by atoms with Crippen molar-refractivity contribution >= 4 is 24.0 Å². The first-order chi connectivity index (χ1) is 4.50. The Morgan fingerprint density at radius 1 is 1.50 bits per heavy atom. The molecular weight excluding hydrogens is 183 g/mol. The molecule has 10 heavy (non-hydrogen) atoms. The summed E-state index contributed by atoms with van der Waals surface area (Å²) in [7, 11) is 0. The molecule has 0 aromatic carbocycles. The van der Waals surface area contributed by atoms with Gasteiger partial charge in [-0.3, -0.25) is 0 Å². The molecule has 0 N–H and O–H groups in total. The van der Waals surface area contributed by atoms with Crippen LogP contribution in [-0.4, -0.2) is 4.98 Å². The molecule has 0 radical (unpaired) electrons. The molecule has 0 aliphatic rings. The molecule has 0 amide bonds. The smallest absolute Gasteiger partial charge is 0.225 e. The van der Waals surface area contributed by atoms with E-state index in [-0.39, 0.29) is 4.34 Å². The van der Waals surface area contributed by atoms with E-state index in [9.17, 15) is 13.2 Å². The van der Waals surface area contributed by atoms with Crippen molar-refractivity contribution in [3.05, 3.63) is 11.1 Å². The standard InChI is InChI=1S/C4H2F3NS2/c5-4(6,7)2-1-10-3(9)8-2/h1H,(H,8,9). The summed E-state index contributed by atoms with van der Waals surface area (Å²) in [4.78, 5) is 3.14. The second-order valence-electron chi connectivity index (χ2n) is 1.51. The summed E-state index contributed by atoms with van der Waals surface area (Å²) in [5.41, 5.74) is -0.873. The Labute approximate surface area is 64.3 Å². The molecule has 0 fully saturated rings. The molecule has 0 spiro atoms. The summed E-state index contributed by atoms with van der Waals surface area (Å²) >= 11 is 4.51. The topological polar surface area (TPSA) is 12.9 Å². The molecule has 1 aromatic rings. The van der Waals surface area contributed by atoms with E-state index in [2.05, 4.69) is 17.6 Å². The molecule has 6 heteroatoms. The van der Waals surface area contributed by atoms with Crippen molar-refractivity contribution < 1.29 is 13.2 Å². The van der Waals surface area contributed by atoms with Gasteiger partial charge in [0.05, 0.1) is 0 Å². The Hall–Kier alpha value is -0.230. The summed E-state index contributed by atoms with van der Waals surface area (Å²) in [6.07, 6.45) is -4.34. The lowest BCUT2D eigenvalue weighted by atomic mass is 10.5. The molecule has 1 rings (SSSR count). The van der Waals surface area contributed by atoms with Crippen LogP contribution in [0.15, 0.2) is 9.72 Å². The van der Waals surface area contributed by atoms with Crippen molar-refractivity contribution in [3.8, 4) is 0 Å². The third-order valence-corrected chi connectivity index (χ3v) is 1.84. The normalized spacial score (nSPS) is 12.0. The van der Waals surface area contributed by atoms with E-state index in [1.165, 1.54) is 0 Å². The second-order valence-corrected chi connectivity index (χ2v) is 3.10. The van der Waals surface area contributed by atoms with Crippen LogP contribution in [0.3, 0.4) is 0 Å². The van der Waals surface area contributed by atoms with Gasteiger partial charge in [-0.05, 0) is 0 Å². The predicted molar refractivity (Wildman–Crippen MR) is 34.4 cm³/mol. The minimum Gasteiger partial charge on any atom is -0.225 e. The van der Waals surface area contributed by atoms with Crippen molar-refractivity contribution in [2.24, 2.45) is 0 Å². The number of thiazole rings is 1. The lowest BCUT2D eigenvalue weighted by Gasteiger charge is -1.98. The maximum absolute atomic E-state index is 11.7. The molecule has 0 saturated heterocycles. The molecule has 0 atom stereocenters. The molecule has 0 unspecified atom stereocenters. The van der Waals surface area contributed by atoms with Gasteiger partial charge < -0.3 is 0 Å². The van der Waals surface area contributed by atoms with Gasteiger partial charge in [0.15, 0.2) is 5.69 Å². The van der Waals surface area contributed by atoms with E-state index in [0.717, 1.165) is 16.7 Å². The molecule has 0 aliphatic heterocycles. The van der Waals surface area contributed by atoms with Crippen LogP contribution >= 0.6 is 24.0 Å². The van der Waals surface area contributed by atoms with Crippen molar-refractivity contribution in [1.29, 1.82) is 0 Å². The van der Waals surface area contributed by atoms with Crippen LogP contribution in [0.1, 0.15) is 5.69 Å². The molecule has 1 nitrogen and oxygen atoms in total. The van der Waals surface area contributed by atoms with Crippen LogP contribution in [0.25, 0.3) is 0 Å². The number of halogens is 3. The zero-order valence-electron chi connectivity index (χ0n) is 4.51. The fourth-order valence-electron chi connectivity index (χ4n) is 0.394. The van der Waals surface area contributed by atoms with Crippen LogP contribution in [0, 0.1) is 0 Å². The van der Waals surface area contributed by atoms with Crippen LogP contribution in [-0.2, 0) is 6.18 Å². The number of aromatic nitrogens is 1. The number of rotatable bonds is 0. The Bertz CT molecular complexity index is 229. The van der Waals surface area contributed by atoms with Crippen LogP contribution < -0.4 is 0 Å². The number of hydrogen-bond acceptors (Lipinski definition) is 3. The van der Waals surface area contributed by atoms with Gasteiger partial charge >= 0.3 is 6.18 Å². The first-order valence-electron chi connectivity index (χ1n) is 2.22. The molecule has 1 heterocycles. The monoisotopic (exact) mass is 185 g/mol. The average Bonchev–Trinajstić information content (AvgIpc) is 2.11. The molecule has 1 aromatic heterocycles. The molecule has 56 valence electrons. The van der Waals surface area contributed by atoms with Gasteiger partial charge in [0.2, 0.25) is 0 Å². The number of alkyl halides is 3. The van der Waals surface area contributed by atoms with E-state index in [1.807, 2.05) is 0 Å². The van der Waals surface area contributed by atoms with Crippen molar-refractivity contribution in [2.75, 3.05) is 0 Å². The van der Waals surface area contributed by atoms with Gasteiger partial charge in [0.25, 0.3) is 0 Å². The zero-order valence-corrected chi connectivity index (χ0v) is 6.22. The van der Waals surface area contributed by atoms with Crippen LogP contribution in [0.4, 0.5) is 13.2 Å². The summed E-state index contributed by atoms with van der Waals surface area (Å²) in [6.45, 7) is 0. The van der Waals surface area contributed by atoms with Gasteiger partial charge in [-0.1, -0.05) is 0 Å². The van der Waals surface area contributed by atoms with Gasteiger partial charge in [-0.2, -0.15) is 13.2 Å². The maximum atomic E-state index is 11.7. The summed E-state index contributed by atoms with van der Waals surface area (Å²) in [6, 6.07) is 0. The van der Waals surface area contributed by atoms with Crippen molar-refractivity contribution in [3.63, 3.8) is 0 Å². The lowest BCUT2D eigenvalue weighted by molar-refractivity contribution is -0.141. The SMILES string of the molecule is FC(F)(F)c1csc(S)n1. The zero-order chi connectivity index (χ0) is 7.78. The first kappa shape index (κ1) is 7.87. The van der Waals surface area contributed by atoms with E-state index in [4.69, 9.17) is 0 Å². The van der Waals surface area contributed by atoms with Gasteiger partial charge in [-0.15, -0.1) is 24.0 Å². The maximum Gasteiger partial charge on any atom is 0.434 e. The lowest BCUT2D eigenvalue weighted by Crippen LogP contribution is -2.04. The van der Waals surface area contributed by atoms with Gasteiger partial charge in [0.1, 0.15) is 4.34 Å².